The zero-order valence-corrected chi connectivity index (χ0v) is 15.4. The highest BCUT2D eigenvalue weighted by atomic mass is 32.2. The molecule has 0 aromatic heterocycles. The molecule has 3 N–H and O–H groups in total. The fourth-order valence-electron chi connectivity index (χ4n) is 2.31. The van der Waals surface area contributed by atoms with Crippen LogP contribution in [-0.2, 0) is 19.6 Å². The van der Waals surface area contributed by atoms with Gasteiger partial charge in [0.2, 0.25) is 21.8 Å². The van der Waals surface area contributed by atoms with E-state index in [0.29, 0.717) is 6.54 Å². The van der Waals surface area contributed by atoms with Crippen molar-refractivity contribution >= 4 is 32.6 Å². The van der Waals surface area contributed by atoms with Crippen molar-refractivity contribution in [2.24, 2.45) is 0 Å². The Morgan fingerprint density at radius 2 is 1.65 bits per heavy atom. The lowest BCUT2D eigenvalue weighted by Crippen LogP contribution is -2.38. The maximum absolute atomic E-state index is 12.3. The monoisotopic (exact) mass is 377 g/mol. The number of hydrogen-bond donors (Lipinski definition) is 3. The SMILES string of the molecule is CCCNC(=O)CNC(=O)CCNS(=O)(=O)c1ccc2ccccc2c1. The number of benzene rings is 2. The Balaban J connectivity index is 1.83. The molecule has 140 valence electrons. The molecule has 0 radical (unpaired) electrons. The molecule has 2 amide bonds. The van der Waals surface area contributed by atoms with Gasteiger partial charge in [0.05, 0.1) is 11.4 Å². The Labute approximate surface area is 153 Å². The summed E-state index contributed by atoms with van der Waals surface area (Å²) >= 11 is 0. The summed E-state index contributed by atoms with van der Waals surface area (Å²) in [4.78, 5) is 23.2. The summed E-state index contributed by atoms with van der Waals surface area (Å²) < 4.78 is 27.1. The van der Waals surface area contributed by atoms with E-state index in [4.69, 9.17) is 0 Å². The van der Waals surface area contributed by atoms with E-state index in [9.17, 15) is 18.0 Å². The molecule has 7 nitrogen and oxygen atoms in total. The highest BCUT2D eigenvalue weighted by Crippen LogP contribution is 2.18. The standard InChI is InChI=1S/C18H23N3O4S/c1-2-10-19-18(23)13-20-17(22)9-11-21-26(24,25)16-8-7-14-5-3-4-6-15(14)12-16/h3-8,12,21H,2,9-11,13H2,1H3,(H,19,23)(H,20,22). The Bertz CT molecular complexity index is 881. The van der Waals surface area contributed by atoms with E-state index < -0.39 is 15.9 Å². The van der Waals surface area contributed by atoms with Crippen LogP contribution in [0.1, 0.15) is 19.8 Å². The van der Waals surface area contributed by atoms with Crippen LogP contribution in [0.4, 0.5) is 0 Å². The van der Waals surface area contributed by atoms with E-state index in [0.717, 1.165) is 17.2 Å². The molecule has 0 unspecified atom stereocenters. The van der Waals surface area contributed by atoms with Gasteiger partial charge in [-0.25, -0.2) is 13.1 Å². The molecule has 2 rings (SSSR count). The van der Waals surface area contributed by atoms with E-state index >= 15 is 0 Å². The lowest BCUT2D eigenvalue weighted by molar-refractivity contribution is -0.126. The van der Waals surface area contributed by atoms with Crippen LogP contribution in [0.15, 0.2) is 47.4 Å². The second-order valence-electron chi connectivity index (χ2n) is 5.78. The van der Waals surface area contributed by atoms with Crippen molar-refractivity contribution in [3.05, 3.63) is 42.5 Å². The maximum Gasteiger partial charge on any atom is 0.240 e. The van der Waals surface area contributed by atoms with Gasteiger partial charge in [-0.1, -0.05) is 37.3 Å². The van der Waals surface area contributed by atoms with Crippen LogP contribution in [0.25, 0.3) is 10.8 Å². The first kappa shape index (κ1) is 19.9. The van der Waals surface area contributed by atoms with Crippen molar-refractivity contribution in [1.82, 2.24) is 15.4 Å². The molecule has 0 aliphatic heterocycles. The second-order valence-corrected chi connectivity index (χ2v) is 7.55. The molecule has 0 saturated heterocycles. The van der Waals surface area contributed by atoms with Crippen molar-refractivity contribution < 1.29 is 18.0 Å². The predicted molar refractivity (Wildman–Crippen MR) is 100 cm³/mol. The number of hydrogen-bond acceptors (Lipinski definition) is 4. The van der Waals surface area contributed by atoms with Gasteiger partial charge in [-0.2, -0.15) is 0 Å². The molecule has 0 aliphatic rings. The van der Waals surface area contributed by atoms with Crippen molar-refractivity contribution in [1.29, 1.82) is 0 Å². The molecular formula is C18H23N3O4S. The molecule has 0 spiro atoms. The Hall–Kier alpha value is -2.45. The zero-order chi connectivity index (χ0) is 19.0. The van der Waals surface area contributed by atoms with E-state index in [2.05, 4.69) is 15.4 Å². The third-order valence-electron chi connectivity index (χ3n) is 3.69. The minimum absolute atomic E-state index is 0.0441. The van der Waals surface area contributed by atoms with E-state index in [-0.39, 0.29) is 30.3 Å². The molecule has 2 aromatic rings. The molecule has 8 heteroatoms. The third-order valence-corrected chi connectivity index (χ3v) is 5.15. The van der Waals surface area contributed by atoms with Crippen molar-refractivity contribution in [2.45, 2.75) is 24.7 Å². The highest BCUT2D eigenvalue weighted by Gasteiger charge is 2.15. The van der Waals surface area contributed by atoms with Crippen LogP contribution in [0.3, 0.4) is 0 Å². The summed E-state index contributed by atoms with van der Waals surface area (Å²) in [6, 6.07) is 12.3. The van der Waals surface area contributed by atoms with Crippen molar-refractivity contribution in [2.75, 3.05) is 19.6 Å². The van der Waals surface area contributed by atoms with Gasteiger partial charge in [0.1, 0.15) is 0 Å². The van der Waals surface area contributed by atoms with E-state index in [1.165, 1.54) is 6.07 Å². The lowest BCUT2D eigenvalue weighted by Gasteiger charge is -2.09. The molecule has 0 fully saturated rings. The Morgan fingerprint density at radius 1 is 0.923 bits per heavy atom. The number of sulfonamides is 1. The highest BCUT2D eigenvalue weighted by molar-refractivity contribution is 7.89. The molecule has 0 saturated carbocycles. The fourth-order valence-corrected chi connectivity index (χ4v) is 3.38. The van der Waals surface area contributed by atoms with Crippen LogP contribution < -0.4 is 15.4 Å². The van der Waals surface area contributed by atoms with Crippen LogP contribution in [-0.4, -0.2) is 39.9 Å². The number of amides is 2. The minimum atomic E-state index is -3.70. The van der Waals surface area contributed by atoms with Gasteiger partial charge in [-0.3, -0.25) is 9.59 Å². The van der Waals surface area contributed by atoms with Gasteiger partial charge in [-0.15, -0.1) is 0 Å². The van der Waals surface area contributed by atoms with Gasteiger partial charge in [0, 0.05) is 19.5 Å². The minimum Gasteiger partial charge on any atom is -0.355 e. The maximum atomic E-state index is 12.3. The first-order chi connectivity index (χ1) is 12.4. The molecule has 0 aliphatic carbocycles. The summed E-state index contributed by atoms with van der Waals surface area (Å²) in [7, 11) is -3.70. The number of nitrogens with one attached hydrogen (secondary N) is 3. The van der Waals surface area contributed by atoms with Crippen LogP contribution >= 0.6 is 0 Å². The Morgan fingerprint density at radius 3 is 2.38 bits per heavy atom. The average Bonchev–Trinajstić information content (AvgIpc) is 2.64. The quantitative estimate of drug-likeness (QED) is 0.610. The van der Waals surface area contributed by atoms with Gasteiger partial charge in [-0.05, 0) is 29.3 Å². The van der Waals surface area contributed by atoms with Gasteiger partial charge < -0.3 is 10.6 Å². The van der Waals surface area contributed by atoms with Gasteiger partial charge in [0.25, 0.3) is 0 Å². The number of carbonyl (C=O) groups is 2. The second kappa shape index (κ2) is 9.30. The molecule has 0 atom stereocenters. The molecule has 2 aromatic carbocycles. The lowest BCUT2D eigenvalue weighted by atomic mass is 10.1. The number of rotatable bonds is 9. The van der Waals surface area contributed by atoms with Crippen LogP contribution in [0.2, 0.25) is 0 Å². The molecular weight excluding hydrogens is 354 g/mol. The first-order valence-corrected chi connectivity index (χ1v) is 9.92. The largest absolute Gasteiger partial charge is 0.355 e. The van der Waals surface area contributed by atoms with E-state index in [1.54, 1.807) is 12.1 Å². The smallest absolute Gasteiger partial charge is 0.240 e. The summed E-state index contributed by atoms with van der Waals surface area (Å²) in [5, 5.41) is 6.87. The van der Waals surface area contributed by atoms with E-state index in [1.807, 2.05) is 31.2 Å². The molecule has 26 heavy (non-hydrogen) atoms. The predicted octanol–water partition coefficient (Wildman–Crippen LogP) is 1.15. The summed E-state index contributed by atoms with van der Waals surface area (Å²) in [6.45, 7) is 2.33. The number of carbonyl (C=O) groups excluding carboxylic acids is 2. The third kappa shape index (κ3) is 5.82. The Kier molecular flexibility index (Phi) is 7.11. The van der Waals surface area contributed by atoms with Gasteiger partial charge >= 0.3 is 0 Å². The average molecular weight is 377 g/mol. The van der Waals surface area contributed by atoms with Crippen LogP contribution in [0, 0.1) is 0 Å². The van der Waals surface area contributed by atoms with Gasteiger partial charge in [0.15, 0.2) is 0 Å². The number of fused-ring (bicyclic) bond motifs is 1. The zero-order valence-electron chi connectivity index (χ0n) is 14.6. The van der Waals surface area contributed by atoms with Crippen molar-refractivity contribution in [3.8, 4) is 0 Å². The molecule has 0 bridgehead atoms. The van der Waals surface area contributed by atoms with Crippen LogP contribution in [0.5, 0.6) is 0 Å². The summed E-state index contributed by atoms with van der Waals surface area (Å²) in [6.07, 6.45) is 0.768. The molecule has 0 heterocycles. The van der Waals surface area contributed by atoms with Crippen molar-refractivity contribution in [3.63, 3.8) is 0 Å². The summed E-state index contributed by atoms with van der Waals surface area (Å²) in [5.41, 5.74) is 0. The topological polar surface area (TPSA) is 104 Å². The fraction of sp³-hybridized carbons (Fsp3) is 0.333. The summed E-state index contributed by atoms with van der Waals surface area (Å²) in [5.74, 6) is -0.658. The first-order valence-electron chi connectivity index (χ1n) is 8.44. The normalized spacial score (nSPS) is 11.3.